The Kier molecular flexibility index (Phi) is 13.1. The van der Waals surface area contributed by atoms with Crippen LogP contribution >= 0.6 is 0 Å². The van der Waals surface area contributed by atoms with Gasteiger partial charge in [0.15, 0.2) is 0 Å². The molecule has 0 fully saturated rings. The van der Waals surface area contributed by atoms with Crippen molar-refractivity contribution >= 4 is 18.0 Å². The third-order valence-corrected chi connectivity index (χ3v) is 2.79. The molecule has 0 aliphatic heterocycles. The van der Waals surface area contributed by atoms with Crippen molar-refractivity contribution < 1.29 is 19.1 Å². The minimum atomic E-state index is -0.181. The van der Waals surface area contributed by atoms with Crippen LogP contribution in [0, 0.1) is 5.41 Å². The lowest BCUT2D eigenvalue weighted by Gasteiger charge is -2.16. The van der Waals surface area contributed by atoms with Crippen LogP contribution in [0.2, 0.25) is 0 Å². The van der Waals surface area contributed by atoms with Crippen molar-refractivity contribution in [2.24, 2.45) is 0 Å². The van der Waals surface area contributed by atoms with Gasteiger partial charge >= 0.3 is 0 Å². The minimum Gasteiger partial charge on any atom is -0.377 e. The first-order valence-corrected chi connectivity index (χ1v) is 7.37. The lowest BCUT2D eigenvalue weighted by Crippen LogP contribution is -2.30. The van der Waals surface area contributed by atoms with Crippen molar-refractivity contribution in [3.8, 4) is 0 Å². The van der Waals surface area contributed by atoms with Gasteiger partial charge in [0.2, 0.25) is 11.8 Å². The highest BCUT2D eigenvalue weighted by Crippen LogP contribution is 1.96. The second kappa shape index (κ2) is 14.2. The van der Waals surface area contributed by atoms with E-state index in [9.17, 15) is 9.59 Å². The first-order chi connectivity index (χ1) is 10.6. The zero-order valence-electron chi connectivity index (χ0n) is 13.3. The summed E-state index contributed by atoms with van der Waals surface area (Å²) < 4.78 is 10.7. The molecule has 0 atom stereocenters. The fraction of sp³-hybridized carbons (Fsp3) is 0.667. The summed E-state index contributed by atoms with van der Waals surface area (Å²) in [6.07, 6.45) is 4.06. The van der Waals surface area contributed by atoms with Gasteiger partial charge in [0, 0.05) is 32.8 Å². The lowest BCUT2D eigenvalue weighted by molar-refractivity contribution is -0.130. The Morgan fingerprint density at radius 1 is 1.23 bits per heavy atom. The second-order valence-corrected chi connectivity index (χ2v) is 4.63. The summed E-state index contributed by atoms with van der Waals surface area (Å²) in [5.41, 5.74) is 0. The molecule has 0 rings (SSSR count). The summed E-state index contributed by atoms with van der Waals surface area (Å²) in [6, 6.07) is 0. The molecule has 2 N–H and O–H groups in total. The van der Waals surface area contributed by atoms with Gasteiger partial charge < -0.3 is 25.1 Å². The highest BCUT2D eigenvalue weighted by Gasteiger charge is 2.06. The number of nitrogens with one attached hydrogen (secondary N) is 2. The summed E-state index contributed by atoms with van der Waals surface area (Å²) in [7, 11) is 1.75. The first kappa shape index (κ1) is 20.3. The van der Waals surface area contributed by atoms with Crippen LogP contribution in [-0.4, -0.2) is 69.5 Å². The van der Waals surface area contributed by atoms with Crippen LogP contribution < -0.4 is 5.32 Å². The third kappa shape index (κ3) is 12.0. The van der Waals surface area contributed by atoms with Crippen LogP contribution in [0.15, 0.2) is 12.7 Å². The van der Waals surface area contributed by atoms with E-state index in [1.54, 1.807) is 18.0 Å². The van der Waals surface area contributed by atoms with Gasteiger partial charge in [-0.05, 0) is 6.42 Å². The fourth-order valence-electron chi connectivity index (χ4n) is 1.49. The summed E-state index contributed by atoms with van der Waals surface area (Å²) in [6.45, 7) is 6.32. The number of amides is 2. The van der Waals surface area contributed by atoms with Gasteiger partial charge in [-0.15, -0.1) is 6.58 Å². The predicted octanol–water partition coefficient (Wildman–Crippen LogP) is 0.600. The number of allylic oxidation sites excluding steroid dienone is 1. The largest absolute Gasteiger partial charge is 0.377 e. The Morgan fingerprint density at radius 3 is 2.55 bits per heavy atom. The number of likely N-dealkylation sites (N-methyl/N-ethyl adjacent to an activating group) is 1. The molecule has 0 bridgehead atoms. The maximum absolute atomic E-state index is 11.6. The molecule has 22 heavy (non-hydrogen) atoms. The maximum atomic E-state index is 11.6. The van der Waals surface area contributed by atoms with Crippen molar-refractivity contribution in [2.45, 2.75) is 19.3 Å². The van der Waals surface area contributed by atoms with Crippen LogP contribution in [0.1, 0.15) is 19.3 Å². The van der Waals surface area contributed by atoms with E-state index in [-0.39, 0.29) is 18.2 Å². The van der Waals surface area contributed by atoms with E-state index in [0.29, 0.717) is 52.4 Å². The number of hydrogen-bond donors (Lipinski definition) is 2. The number of carbonyl (C=O) groups excluding carboxylic acids is 2. The SMILES string of the molecule is C=CCCC(=O)N(C)CCOCCOCCNC(=O)CC=N. The standard InChI is InChI=1S/C15H27N3O4/c1-3-4-5-15(20)18(2)9-11-22-13-12-21-10-8-17-14(19)6-7-16/h3,7,16H,1,4-6,8-13H2,2H3,(H,17,19). The van der Waals surface area contributed by atoms with E-state index in [2.05, 4.69) is 11.9 Å². The quantitative estimate of drug-likeness (QED) is 0.279. The third-order valence-electron chi connectivity index (χ3n) is 2.79. The van der Waals surface area contributed by atoms with Crippen LogP contribution in [-0.2, 0) is 19.1 Å². The van der Waals surface area contributed by atoms with E-state index in [1.807, 2.05) is 0 Å². The smallest absolute Gasteiger partial charge is 0.225 e. The molecule has 7 nitrogen and oxygen atoms in total. The number of carbonyl (C=O) groups is 2. The zero-order valence-corrected chi connectivity index (χ0v) is 13.3. The van der Waals surface area contributed by atoms with E-state index >= 15 is 0 Å². The monoisotopic (exact) mass is 313 g/mol. The minimum absolute atomic E-state index is 0.0837. The highest BCUT2D eigenvalue weighted by atomic mass is 16.5. The molecule has 0 aromatic rings. The Morgan fingerprint density at radius 2 is 1.91 bits per heavy atom. The van der Waals surface area contributed by atoms with Crippen molar-refractivity contribution in [1.82, 2.24) is 10.2 Å². The molecule has 0 aliphatic carbocycles. The van der Waals surface area contributed by atoms with Crippen LogP contribution in [0.5, 0.6) is 0 Å². The molecule has 0 heterocycles. The molecule has 0 aromatic heterocycles. The van der Waals surface area contributed by atoms with Gasteiger partial charge in [-0.2, -0.15) is 0 Å². The molecule has 126 valence electrons. The van der Waals surface area contributed by atoms with Crippen molar-refractivity contribution in [3.63, 3.8) is 0 Å². The molecular weight excluding hydrogens is 286 g/mol. The topological polar surface area (TPSA) is 91.7 Å². The molecular formula is C15H27N3O4. The molecule has 0 radical (unpaired) electrons. The number of rotatable bonds is 14. The van der Waals surface area contributed by atoms with Gasteiger partial charge in [-0.25, -0.2) is 0 Å². The Labute approximate surface area is 132 Å². The van der Waals surface area contributed by atoms with Crippen molar-refractivity contribution in [3.05, 3.63) is 12.7 Å². The Bertz CT molecular complexity index is 348. The van der Waals surface area contributed by atoms with E-state index < -0.39 is 0 Å². The number of ether oxygens (including phenoxy) is 2. The molecule has 2 amide bonds. The predicted molar refractivity (Wildman–Crippen MR) is 85.1 cm³/mol. The maximum Gasteiger partial charge on any atom is 0.225 e. The van der Waals surface area contributed by atoms with Crippen LogP contribution in [0.4, 0.5) is 0 Å². The molecule has 0 unspecified atom stereocenters. The molecule has 0 spiro atoms. The summed E-state index contributed by atoms with van der Waals surface area (Å²) in [4.78, 5) is 24.3. The van der Waals surface area contributed by atoms with Crippen molar-refractivity contribution in [2.75, 3.05) is 46.6 Å². The van der Waals surface area contributed by atoms with Crippen LogP contribution in [0.25, 0.3) is 0 Å². The van der Waals surface area contributed by atoms with Gasteiger partial charge in [0.05, 0.1) is 32.8 Å². The zero-order chi connectivity index (χ0) is 16.6. The Hall–Kier alpha value is -1.73. The fourth-order valence-corrected chi connectivity index (χ4v) is 1.49. The molecule has 0 aromatic carbocycles. The molecule has 0 saturated carbocycles. The molecule has 0 saturated heterocycles. The molecule has 7 heteroatoms. The van der Waals surface area contributed by atoms with Gasteiger partial charge in [-0.1, -0.05) is 6.08 Å². The van der Waals surface area contributed by atoms with E-state index in [0.717, 1.165) is 6.21 Å². The van der Waals surface area contributed by atoms with Crippen LogP contribution in [0.3, 0.4) is 0 Å². The lowest BCUT2D eigenvalue weighted by atomic mass is 10.3. The Balaban J connectivity index is 3.36. The van der Waals surface area contributed by atoms with E-state index in [1.165, 1.54) is 0 Å². The average molecular weight is 313 g/mol. The summed E-state index contributed by atoms with van der Waals surface area (Å²) >= 11 is 0. The van der Waals surface area contributed by atoms with Gasteiger partial charge in [0.25, 0.3) is 0 Å². The highest BCUT2D eigenvalue weighted by molar-refractivity contribution is 5.88. The number of nitrogens with zero attached hydrogens (tertiary/aromatic N) is 1. The van der Waals surface area contributed by atoms with Crippen molar-refractivity contribution in [1.29, 1.82) is 5.41 Å². The summed E-state index contributed by atoms with van der Waals surface area (Å²) in [5.74, 6) is -0.0978. The number of hydrogen-bond acceptors (Lipinski definition) is 5. The molecule has 0 aliphatic rings. The van der Waals surface area contributed by atoms with Gasteiger partial charge in [0.1, 0.15) is 0 Å². The van der Waals surface area contributed by atoms with E-state index in [4.69, 9.17) is 14.9 Å². The average Bonchev–Trinajstić information content (AvgIpc) is 2.50. The second-order valence-electron chi connectivity index (χ2n) is 4.63. The van der Waals surface area contributed by atoms with Gasteiger partial charge in [-0.3, -0.25) is 9.59 Å². The first-order valence-electron chi connectivity index (χ1n) is 7.37. The summed E-state index contributed by atoms with van der Waals surface area (Å²) in [5, 5.41) is 9.39. The normalized spacial score (nSPS) is 10.0.